The van der Waals surface area contributed by atoms with Gasteiger partial charge in [0.15, 0.2) is 0 Å². The molecule has 0 fully saturated rings. The van der Waals surface area contributed by atoms with E-state index < -0.39 is 10.1 Å². The summed E-state index contributed by atoms with van der Waals surface area (Å²) in [6, 6.07) is 4.72. The number of rotatable bonds is 3. The van der Waals surface area contributed by atoms with Crippen molar-refractivity contribution in [2.24, 2.45) is 0 Å². The molecule has 0 aromatic heterocycles. The normalized spacial score (nSPS) is 11.9. The van der Waals surface area contributed by atoms with Crippen molar-refractivity contribution in [2.45, 2.75) is 0 Å². The van der Waals surface area contributed by atoms with E-state index in [4.69, 9.17) is 20.9 Å². The summed E-state index contributed by atoms with van der Waals surface area (Å²) < 4.78 is 34.4. The molecule has 1 aromatic rings. The Labute approximate surface area is 92.9 Å². The number of hydrogen-bond acceptors (Lipinski definition) is 3. The van der Waals surface area contributed by atoms with E-state index in [1.165, 1.54) is 13.2 Å². The van der Waals surface area contributed by atoms with Crippen molar-refractivity contribution in [1.29, 1.82) is 0 Å². The third-order valence-electron chi connectivity index (χ3n) is 1.62. The van der Waals surface area contributed by atoms with Gasteiger partial charge in [0.1, 0.15) is 5.75 Å². The van der Waals surface area contributed by atoms with Gasteiger partial charge < -0.3 is 4.74 Å². The van der Waals surface area contributed by atoms with Crippen LogP contribution in [0.3, 0.4) is 0 Å². The molecule has 0 radical (unpaired) electrons. The first-order chi connectivity index (χ1) is 6.92. The molecule has 1 rings (SSSR count). The highest BCUT2D eigenvalue weighted by Crippen LogP contribution is 2.24. The van der Waals surface area contributed by atoms with E-state index >= 15 is 0 Å². The van der Waals surface area contributed by atoms with Crippen LogP contribution >= 0.6 is 11.6 Å². The van der Waals surface area contributed by atoms with Crippen LogP contribution in [-0.2, 0) is 10.1 Å². The van der Waals surface area contributed by atoms with Gasteiger partial charge in [0.2, 0.25) is 0 Å². The van der Waals surface area contributed by atoms with E-state index in [-0.39, 0.29) is 0 Å². The minimum atomic E-state index is -4.13. The van der Waals surface area contributed by atoms with Gasteiger partial charge in [-0.3, -0.25) is 4.55 Å². The zero-order valence-electron chi connectivity index (χ0n) is 7.84. The van der Waals surface area contributed by atoms with Crippen molar-refractivity contribution in [3.05, 3.63) is 34.2 Å². The van der Waals surface area contributed by atoms with Crippen LogP contribution < -0.4 is 4.74 Å². The average molecular weight is 249 g/mol. The van der Waals surface area contributed by atoms with Gasteiger partial charge in [-0.2, -0.15) is 8.42 Å². The van der Waals surface area contributed by atoms with E-state index in [9.17, 15) is 8.42 Å². The molecule has 0 unspecified atom stereocenters. The molecule has 6 heteroatoms. The molecule has 0 aliphatic rings. The molecular weight excluding hydrogens is 240 g/mol. The SMILES string of the molecule is COc1cc(Cl)ccc1C=CS(=O)(=O)O. The smallest absolute Gasteiger partial charge is 0.287 e. The van der Waals surface area contributed by atoms with E-state index in [2.05, 4.69) is 0 Å². The Kier molecular flexibility index (Phi) is 3.73. The van der Waals surface area contributed by atoms with Gasteiger partial charge in [-0.25, -0.2) is 0 Å². The van der Waals surface area contributed by atoms with Gasteiger partial charge in [0.25, 0.3) is 10.1 Å². The number of halogens is 1. The quantitative estimate of drug-likeness (QED) is 0.833. The maximum atomic E-state index is 10.5. The molecule has 0 spiro atoms. The van der Waals surface area contributed by atoms with Crippen molar-refractivity contribution in [3.8, 4) is 5.75 Å². The van der Waals surface area contributed by atoms with Crippen LogP contribution in [0.25, 0.3) is 6.08 Å². The Balaban J connectivity index is 3.10. The Morgan fingerprint density at radius 3 is 2.67 bits per heavy atom. The topological polar surface area (TPSA) is 63.6 Å². The first kappa shape index (κ1) is 12.0. The second-order valence-electron chi connectivity index (χ2n) is 2.70. The standard InChI is InChI=1S/C9H9ClO4S/c1-14-9-6-8(10)3-2-7(9)4-5-15(11,12)13/h2-6H,1H3,(H,11,12,13). The third kappa shape index (κ3) is 3.91. The zero-order chi connectivity index (χ0) is 11.5. The van der Waals surface area contributed by atoms with Gasteiger partial charge in [0, 0.05) is 10.6 Å². The summed E-state index contributed by atoms with van der Waals surface area (Å²) in [6.07, 6.45) is 1.23. The van der Waals surface area contributed by atoms with Crippen molar-refractivity contribution in [2.75, 3.05) is 7.11 Å². The molecule has 0 amide bonds. The van der Waals surface area contributed by atoms with Crippen molar-refractivity contribution in [1.82, 2.24) is 0 Å². The Morgan fingerprint density at radius 2 is 2.13 bits per heavy atom. The van der Waals surface area contributed by atoms with E-state index in [1.54, 1.807) is 18.2 Å². The fraction of sp³-hybridized carbons (Fsp3) is 0.111. The van der Waals surface area contributed by atoms with Gasteiger partial charge in [-0.1, -0.05) is 11.6 Å². The summed E-state index contributed by atoms with van der Waals surface area (Å²) in [5.74, 6) is 0.433. The number of benzene rings is 1. The van der Waals surface area contributed by atoms with Crippen molar-refractivity contribution >= 4 is 27.8 Å². The number of hydrogen-bond donors (Lipinski definition) is 1. The maximum Gasteiger partial charge on any atom is 0.287 e. The molecule has 0 aliphatic carbocycles. The summed E-state index contributed by atoms with van der Waals surface area (Å²) in [4.78, 5) is 0. The van der Waals surface area contributed by atoms with Crippen LogP contribution in [0.15, 0.2) is 23.6 Å². The predicted molar refractivity (Wildman–Crippen MR) is 58.6 cm³/mol. The van der Waals surface area contributed by atoms with Crippen LogP contribution in [0.4, 0.5) is 0 Å². The van der Waals surface area contributed by atoms with Crippen LogP contribution in [0.2, 0.25) is 5.02 Å². The second kappa shape index (κ2) is 4.65. The molecule has 0 bridgehead atoms. The molecule has 82 valence electrons. The molecule has 0 atom stereocenters. The van der Waals surface area contributed by atoms with Crippen molar-refractivity contribution in [3.63, 3.8) is 0 Å². The lowest BCUT2D eigenvalue weighted by molar-refractivity contribution is 0.414. The minimum absolute atomic E-state index is 0.433. The molecule has 0 heterocycles. The largest absolute Gasteiger partial charge is 0.496 e. The number of ether oxygens (including phenoxy) is 1. The summed E-state index contributed by atoms with van der Waals surface area (Å²) in [7, 11) is -2.69. The lowest BCUT2D eigenvalue weighted by Crippen LogP contribution is -1.90. The molecule has 0 saturated heterocycles. The maximum absolute atomic E-state index is 10.5. The molecule has 4 nitrogen and oxygen atoms in total. The van der Waals surface area contributed by atoms with E-state index in [0.717, 1.165) is 0 Å². The highest BCUT2D eigenvalue weighted by Gasteiger charge is 2.02. The molecular formula is C9H9ClO4S. The van der Waals surface area contributed by atoms with Crippen LogP contribution in [0.1, 0.15) is 5.56 Å². The number of methoxy groups -OCH3 is 1. The summed E-state index contributed by atoms with van der Waals surface area (Å²) in [5, 5.41) is 1.16. The predicted octanol–water partition coefficient (Wildman–Crippen LogP) is 2.21. The van der Waals surface area contributed by atoms with Crippen LogP contribution in [0.5, 0.6) is 5.75 Å². The molecule has 0 saturated carbocycles. The monoisotopic (exact) mass is 248 g/mol. The van der Waals surface area contributed by atoms with E-state index in [0.29, 0.717) is 21.7 Å². The lowest BCUT2D eigenvalue weighted by atomic mass is 10.2. The van der Waals surface area contributed by atoms with Gasteiger partial charge in [-0.15, -0.1) is 0 Å². The highest BCUT2D eigenvalue weighted by molar-refractivity contribution is 7.88. The Morgan fingerprint density at radius 1 is 1.47 bits per heavy atom. The minimum Gasteiger partial charge on any atom is -0.496 e. The fourth-order valence-electron chi connectivity index (χ4n) is 0.982. The van der Waals surface area contributed by atoms with Gasteiger partial charge in [0.05, 0.1) is 12.5 Å². The zero-order valence-corrected chi connectivity index (χ0v) is 9.42. The highest BCUT2D eigenvalue weighted by atomic mass is 35.5. The Bertz CT molecular complexity index is 479. The molecule has 15 heavy (non-hydrogen) atoms. The van der Waals surface area contributed by atoms with Crippen LogP contribution in [-0.4, -0.2) is 20.1 Å². The fourth-order valence-corrected chi connectivity index (χ4v) is 1.46. The first-order valence-electron chi connectivity index (χ1n) is 3.91. The molecule has 1 N–H and O–H groups in total. The van der Waals surface area contributed by atoms with Gasteiger partial charge in [-0.05, 0) is 24.3 Å². The van der Waals surface area contributed by atoms with E-state index in [1.807, 2.05) is 0 Å². The molecule has 1 aromatic carbocycles. The summed E-state index contributed by atoms with van der Waals surface area (Å²) >= 11 is 5.71. The third-order valence-corrected chi connectivity index (χ3v) is 2.33. The summed E-state index contributed by atoms with van der Waals surface area (Å²) in [6.45, 7) is 0. The van der Waals surface area contributed by atoms with Gasteiger partial charge >= 0.3 is 0 Å². The lowest BCUT2D eigenvalue weighted by Gasteiger charge is -2.04. The van der Waals surface area contributed by atoms with Crippen molar-refractivity contribution < 1.29 is 17.7 Å². The van der Waals surface area contributed by atoms with Crippen LogP contribution in [0, 0.1) is 0 Å². The Hall–Kier alpha value is -1.04. The molecule has 0 aliphatic heterocycles. The summed E-state index contributed by atoms with van der Waals surface area (Å²) in [5.41, 5.74) is 0.513. The average Bonchev–Trinajstić information content (AvgIpc) is 2.14. The first-order valence-corrected chi connectivity index (χ1v) is 5.79. The second-order valence-corrected chi connectivity index (χ2v) is 4.44.